The van der Waals surface area contributed by atoms with E-state index in [1.165, 1.54) is 0 Å². The van der Waals surface area contributed by atoms with Gasteiger partial charge in [-0.15, -0.1) is 0 Å². The van der Waals surface area contributed by atoms with Crippen molar-refractivity contribution in [2.24, 2.45) is 11.8 Å². The Morgan fingerprint density at radius 2 is 1.84 bits per heavy atom. The lowest BCUT2D eigenvalue weighted by Crippen LogP contribution is -2.21. The number of amides is 1. The van der Waals surface area contributed by atoms with Gasteiger partial charge in [0, 0.05) is 5.69 Å². The third-order valence-electron chi connectivity index (χ3n) is 3.26. The predicted octanol–water partition coefficient (Wildman–Crippen LogP) is 2.44. The van der Waals surface area contributed by atoms with Gasteiger partial charge in [-0.05, 0) is 49.4 Å². The van der Waals surface area contributed by atoms with Gasteiger partial charge in [0.2, 0.25) is 0 Å². The molecule has 2 rings (SSSR count). The Hall–Kier alpha value is -1.84. The number of benzene rings is 1. The van der Waals surface area contributed by atoms with Gasteiger partial charge in [0.05, 0.1) is 5.92 Å². The first-order valence-electron chi connectivity index (χ1n) is 6.50. The summed E-state index contributed by atoms with van der Waals surface area (Å²) in [6.07, 6.45) is 0.873. The van der Waals surface area contributed by atoms with Gasteiger partial charge < -0.3 is 10.1 Å². The first-order valence-corrected chi connectivity index (χ1v) is 6.50. The Bertz CT molecular complexity index is 490. The zero-order chi connectivity index (χ0) is 14.0. The summed E-state index contributed by atoms with van der Waals surface area (Å²) in [6.45, 7) is 5.73. The smallest absolute Gasteiger partial charge is 0.309 e. The lowest BCUT2D eigenvalue weighted by Gasteiger charge is -2.08. The van der Waals surface area contributed by atoms with Crippen LogP contribution < -0.4 is 5.32 Å². The van der Waals surface area contributed by atoms with E-state index in [-0.39, 0.29) is 24.4 Å². The lowest BCUT2D eigenvalue weighted by molar-refractivity contribution is -0.148. The highest BCUT2D eigenvalue weighted by molar-refractivity contribution is 5.93. The van der Waals surface area contributed by atoms with Crippen molar-refractivity contribution in [3.05, 3.63) is 29.3 Å². The van der Waals surface area contributed by atoms with Crippen LogP contribution in [0, 0.1) is 25.7 Å². The van der Waals surface area contributed by atoms with Crippen molar-refractivity contribution in [2.75, 3.05) is 11.9 Å². The van der Waals surface area contributed by atoms with Crippen LogP contribution in [0.25, 0.3) is 0 Å². The van der Waals surface area contributed by atoms with E-state index >= 15 is 0 Å². The minimum Gasteiger partial charge on any atom is -0.455 e. The largest absolute Gasteiger partial charge is 0.455 e. The number of aryl methyl sites for hydroxylation is 2. The number of carbonyl (C=O) groups is 2. The monoisotopic (exact) mass is 261 g/mol. The molecule has 0 aromatic heterocycles. The fourth-order valence-electron chi connectivity index (χ4n) is 2.14. The quantitative estimate of drug-likeness (QED) is 0.847. The molecule has 1 aromatic carbocycles. The average Bonchev–Trinajstić information content (AvgIpc) is 3.02. The normalized spacial score (nSPS) is 20.8. The van der Waals surface area contributed by atoms with E-state index in [1.807, 2.05) is 39.0 Å². The Balaban J connectivity index is 1.82. The van der Waals surface area contributed by atoms with Crippen LogP contribution in [0.1, 0.15) is 24.5 Å². The van der Waals surface area contributed by atoms with Gasteiger partial charge in [-0.25, -0.2) is 0 Å². The van der Waals surface area contributed by atoms with E-state index in [9.17, 15) is 9.59 Å². The molecule has 4 heteroatoms. The number of esters is 1. The van der Waals surface area contributed by atoms with E-state index in [4.69, 9.17) is 4.74 Å². The summed E-state index contributed by atoms with van der Waals surface area (Å²) in [6, 6.07) is 5.80. The molecule has 1 fully saturated rings. The first-order chi connectivity index (χ1) is 8.95. The highest BCUT2D eigenvalue weighted by atomic mass is 16.5. The number of ether oxygens (including phenoxy) is 1. The summed E-state index contributed by atoms with van der Waals surface area (Å²) in [4.78, 5) is 23.2. The first kappa shape index (κ1) is 13.6. The molecule has 0 unspecified atom stereocenters. The second-order valence-electron chi connectivity index (χ2n) is 5.35. The molecule has 0 radical (unpaired) electrons. The van der Waals surface area contributed by atoms with Gasteiger partial charge in [0.15, 0.2) is 6.61 Å². The maximum atomic E-state index is 11.7. The highest BCUT2D eigenvalue weighted by Gasteiger charge is 2.40. The molecule has 0 heterocycles. The molecule has 1 N–H and O–H groups in total. The maximum Gasteiger partial charge on any atom is 0.309 e. The molecule has 19 heavy (non-hydrogen) atoms. The number of hydrogen-bond donors (Lipinski definition) is 1. The highest BCUT2D eigenvalue weighted by Crippen LogP contribution is 2.38. The van der Waals surface area contributed by atoms with Crippen LogP contribution in [0.2, 0.25) is 0 Å². The second kappa shape index (κ2) is 5.43. The van der Waals surface area contributed by atoms with Crippen molar-refractivity contribution in [1.29, 1.82) is 0 Å². The van der Waals surface area contributed by atoms with Crippen molar-refractivity contribution in [1.82, 2.24) is 0 Å². The van der Waals surface area contributed by atoms with E-state index in [1.54, 1.807) is 0 Å². The Labute approximate surface area is 113 Å². The van der Waals surface area contributed by atoms with Crippen molar-refractivity contribution in [3.8, 4) is 0 Å². The molecule has 2 atom stereocenters. The molecule has 0 bridgehead atoms. The van der Waals surface area contributed by atoms with E-state index in [2.05, 4.69) is 5.32 Å². The Morgan fingerprint density at radius 1 is 1.26 bits per heavy atom. The minimum absolute atomic E-state index is 0.00554. The molecule has 1 aliphatic carbocycles. The van der Waals surface area contributed by atoms with E-state index < -0.39 is 0 Å². The zero-order valence-electron chi connectivity index (χ0n) is 11.5. The number of hydrogen-bond acceptors (Lipinski definition) is 3. The third-order valence-corrected chi connectivity index (χ3v) is 3.26. The molecular formula is C15H19NO3. The summed E-state index contributed by atoms with van der Waals surface area (Å²) < 4.78 is 4.98. The van der Waals surface area contributed by atoms with Crippen molar-refractivity contribution in [3.63, 3.8) is 0 Å². The summed E-state index contributed by atoms with van der Waals surface area (Å²) in [7, 11) is 0. The van der Waals surface area contributed by atoms with Crippen LogP contribution in [0.4, 0.5) is 5.69 Å². The van der Waals surface area contributed by atoms with Gasteiger partial charge in [0.25, 0.3) is 5.91 Å². The van der Waals surface area contributed by atoms with Crippen LogP contribution >= 0.6 is 0 Å². The molecule has 0 aliphatic heterocycles. The molecule has 4 nitrogen and oxygen atoms in total. The van der Waals surface area contributed by atoms with Gasteiger partial charge in [-0.3, -0.25) is 9.59 Å². The molecule has 0 spiro atoms. The molecule has 1 aromatic rings. The van der Waals surface area contributed by atoms with Crippen LogP contribution in [0.3, 0.4) is 0 Å². The van der Waals surface area contributed by atoms with E-state index in [0.717, 1.165) is 23.2 Å². The molecule has 1 aliphatic rings. The lowest BCUT2D eigenvalue weighted by atomic mass is 10.1. The summed E-state index contributed by atoms with van der Waals surface area (Å²) in [5.74, 6) is -0.168. The summed E-state index contributed by atoms with van der Waals surface area (Å²) >= 11 is 0. The number of nitrogens with one attached hydrogen (secondary N) is 1. The molecule has 1 amide bonds. The minimum atomic E-state index is -0.299. The Morgan fingerprint density at radius 3 is 2.37 bits per heavy atom. The van der Waals surface area contributed by atoms with Crippen molar-refractivity contribution in [2.45, 2.75) is 27.2 Å². The van der Waals surface area contributed by atoms with Crippen LogP contribution in [-0.4, -0.2) is 18.5 Å². The van der Waals surface area contributed by atoms with Crippen LogP contribution in [-0.2, 0) is 14.3 Å². The van der Waals surface area contributed by atoms with Gasteiger partial charge >= 0.3 is 5.97 Å². The molecule has 102 valence electrons. The number of rotatable bonds is 4. The number of anilines is 1. The van der Waals surface area contributed by atoms with Crippen LogP contribution in [0.5, 0.6) is 0 Å². The molecular weight excluding hydrogens is 242 g/mol. The fourth-order valence-corrected chi connectivity index (χ4v) is 2.14. The van der Waals surface area contributed by atoms with Gasteiger partial charge in [-0.2, -0.15) is 0 Å². The SMILES string of the molecule is Cc1cc(C)cc(NC(=O)COC(=O)[C@H]2C[C@H]2C)c1. The topological polar surface area (TPSA) is 55.4 Å². The standard InChI is InChI=1S/C15H19NO3/c1-9-4-10(2)6-12(5-9)16-14(17)8-19-15(18)13-7-11(13)3/h4-6,11,13H,7-8H2,1-3H3,(H,16,17)/t11-,13+/m1/s1. The maximum absolute atomic E-state index is 11.7. The molecule has 1 saturated carbocycles. The zero-order valence-corrected chi connectivity index (χ0v) is 11.5. The van der Waals surface area contributed by atoms with Crippen molar-refractivity contribution < 1.29 is 14.3 Å². The van der Waals surface area contributed by atoms with Gasteiger partial charge in [-0.1, -0.05) is 13.0 Å². The van der Waals surface area contributed by atoms with Crippen LogP contribution in [0.15, 0.2) is 18.2 Å². The molecule has 0 saturated heterocycles. The van der Waals surface area contributed by atoms with Gasteiger partial charge in [0.1, 0.15) is 0 Å². The predicted molar refractivity (Wildman–Crippen MR) is 72.8 cm³/mol. The average molecular weight is 261 g/mol. The second-order valence-corrected chi connectivity index (χ2v) is 5.35. The third kappa shape index (κ3) is 3.81. The summed E-state index contributed by atoms with van der Waals surface area (Å²) in [5, 5.41) is 2.73. The van der Waals surface area contributed by atoms with E-state index in [0.29, 0.717) is 5.92 Å². The summed E-state index contributed by atoms with van der Waals surface area (Å²) in [5.41, 5.74) is 2.90. The fraction of sp³-hybridized carbons (Fsp3) is 0.467. The number of carbonyl (C=O) groups excluding carboxylic acids is 2. The Kier molecular flexibility index (Phi) is 3.88. The van der Waals surface area contributed by atoms with Crippen molar-refractivity contribution >= 4 is 17.6 Å².